The van der Waals surface area contributed by atoms with Gasteiger partial charge in [-0.2, -0.15) is 11.8 Å². The smallest absolute Gasteiger partial charge is 0.326 e. The summed E-state index contributed by atoms with van der Waals surface area (Å²) in [4.78, 5) is 51.4. The number of carboxylic acid groups (broad SMARTS) is 1. The number of nitrogens with two attached hydrogens (primary N) is 1. The van der Waals surface area contributed by atoms with Crippen molar-refractivity contribution >= 4 is 35.5 Å². The number of benzene rings is 2. The zero-order valence-electron chi connectivity index (χ0n) is 23.1. The minimum Gasteiger partial charge on any atom is -0.508 e. The molecule has 0 heterocycles. The first-order valence-electron chi connectivity index (χ1n) is 13.3. The van der Waals surface area contributed by atoms with E-state index in [2.05, 4.69) is 16.0 Å². The molecule has 2 rings (SSSR count). The molecule has 0 bridgehead atoms. The Morgan fingerprint density at radius 3 is 2.02 bits per heavy atom. The van der Waals surface area contributed by atoms with Crippen LogP contribution in [0.15, 0.2) is 54.6 Å². The lowest BCUT2D eigenvalue weighted by Gasteiger charge is -2.28. The van der Waals surface area contributed by atoms with Crippen LogP contribution < -0.4 is 21.7 Å². The van der Waals surface area contributed by atoms with Crippen LogP contribution in [0.25, 0.3) is 0 Å². The van der Waals surface area contributed by atoms with Crippen LogP contribution in [0.1, 0.15) is 37.8 Å². The molecule has 0 aliphatic rings. The summed E-state index contributed by atoms with van der Waals surface area (Å²) in [6.07, 6.45) is 2.97. The van der Waals surface area contributed by atoms with Gasteiger partial charge in [0.2, 0.25) is 17.7 Å². The fourth-order valence-electron chi connectivity index (χ4n) is 4.03. The van der Waals surface area contributed by atoms with Gasteiger partial charge in [-0.15, -0.1) is 0 Å². The molecule has 0 fully saturated rings. The van der Waals surface area contributed by atoms with Crippen LogP contribution in [0.2, 0.25) is 0 Å². The molecule has 218 valence electrons. The van der Waals surface area contributed by atoms with Gasteiger partial charge in [0.15, 0.2) is 0 Å². The van der Waals surface area contributed by atoms with E-state index in [0.717, 1.165) is 5.56 Å². The second kappa shape index (κ2) is 16.5. The van der Waals surface area contributed by atoms with Crippen LogP contribution in [0, 0.1) is 5.92 Å². The molecule has 0 spiro atoms. The Kier molecular flexibility index (Phi) is 13.5. The molecule has 0 radical (unpaired) electrons. The van der Waals surface area contributed by atoms with Gasteiger partial charge in [-0.3, -0.25) is 14.4 Å². The van der Waals surface area contributed by atoms with Gasteiger partial charge >= 0.3 is 5.97 Å². The lowest BCUT2D eigenvalue weighted by atomic mass is 9.96. The molecule has 0 aliphatic carbocycles. The molecule has 10 nitrogen and oxygen atoms in total. The van der Waals surface area contributed by atoms with Gasteiger partial charge in [0, 0.05) is 6.42 Å². The highest BCUT2D eigenvalue weighted by atomic mass is 32.2. The van der Waals surface area contributed by atoms with Crippen LogP contribution in [0.5, 0.6) is 5.75 Å². The lowest BCUT2D eigenvalue weighted by molar-refractivity contribution is -0.142. The Hall–Kier alpha value is -3.57. The Balaban J connectivity index is 2.23. The minimum atomic E-state index is -1.15. The molecule has 0 aromatic heterocycles. The fourth-order valence-corrected chi connectivity index (χ4v) is 4.50. The highest BCUT2D eigenvalue weighted by Crippen LogP contribution is 2.14. The van der Waals surface area contributed by atoms with Crippen molar-refractivity contribution in [3.63, 3.8) is 0 Å². The van der Waals surface area contributed by atoms with Gasteiger partial charge in [0.05, 0.1) is 6.04 Å². The molecule has 11 heteroatoms. The van der Waals surface area contributed by atoms with Gasteiger partial charge in [-0.25, -0.2) is 4.79 Å². The predicted octanol–water partition coefficient (Wildman–Crippen LogP) is 1.84. The van der Waals surface area contributed by atoms with E-state index in [-0.39, 0.29) is 30.9 Å². The molecule has 40 heavy (non-hydrogen) atoms. The number of carbonyl (C=O) groups excluding carboxylic acids is 3. The summed E-state index contributed by atoms with van der Waals surface area (Å²) in [5, 5.41) is 27.2. The SMILES string of the molecule is CCC(C)C(NC(=O)C(Cc1ccc(O)cc1)NC(=O)C(N)Cc1ccccc1)C(=O)NC(CCSC)C(=O)O. The number of hydrogen-bond acceptors (Lipinski definition) is 7. The molecule has 0 saturated carbocycles. The molecular weight excluding hydrogens is 532 g/mol. The van der Waals surface area contributed by atoms with Gasteiger partial charge in [-0.1, -0.05) is 62.7 Å². The standard InChI is InChI=1S/C29H40N4O6S/c1-4-18(2)25(28(37)31-23(29(38)39)14-15-40-3)33-27(36)24(17-20-10-12-21(34)13-11-20)32-26(35)22(30)16-19-8-6-5-7-9-19/h5-13,18,22-25,34H,4,14-17,30H2,1-3H3,(H,31,37)(H,32,35)(H,33,36)(H,38,39). The maximum atomic E-state index is 13.5. The third kappa shape index (κ3) is 10.5. The maximum absolute atomic E-state index is 13.5. The van der Waals surface area contributed by atoms with Crippen molar-refractivity contribution in [3.05, 3.63) is 65.7 Å². The largest absolute Gasteiger partial charge is 0.508 e. The summed E-state index contributed by atoms with van der Waals surface area (Å²) in [7, 11) is 0. The number of aliphatic carboxylic acids is 1. The zero-order valence-corrected chi connectivity index (χ0v) is 23.9. The highest BCUT2D eigenvalue weighted by Gasteiger charge is 2.32. The van der Waals surface area contributed by atoms with E-state index in [1.165, 1.54) is 23.9 Å². The Labute approximate surface area is 239 Å². The Morgan fingerprint density at radius 1 is 0.850 bits per heavy atom. The first-order valence-corrected chi connectivity index (χ1v) is 14.6. The van der Waals surface area contributed by atoms with Crippen LogP contribution in [-0.2, 0) is 32.0 Å². The van der Waals surface area contributed by atoms with Gasteiger partial charge in [0.25, 0.3) is 0 Å². The highest BCUT2D eigenvalue weighted by molar-refractivity contribution is 7.98. The van der Waals surface area contributed by atoms with Crippen LogP contribution in [-0.4, -0.2) is 70.1 Å². The van der Waals surface area contributed by atoms with Crippen molar-refractivity contribution in [1.29, 1.82) is 0 Å². The maximum Gasteiger partial charge on any atom is 0.326 e. The second-order valence-corrected chi connectivity index (χ2v) is 10.8. The van der Waals surface area contributed by atoms with E-state index in [4.69, 9.17) is 5.73 Å². The molecule has 2 aromatic carbocycles. The summed E-state index contributed by atoms with van der Waals surface area (Å²) in [6.45, 7) is 3.64. The zero-order chi connectivity index (χ0) is 29.7. The topological polar surface area (TPSA) is 171 Å². The first-order chi connectivity index (χ1) is 19.0. The Morgan fingerprint density at radius 2 is 1.45 bits per heavy atom. The number of aromatic hydroxyl groups is 1. The second-order valence-electron chi connectivity index (χ2n) is 9.78. The van der Waals surface area contributed by atoms with E-state index < -0.39 is 47.9 Å². The number of thioether (sulfide) groups is 1. The van der Waals surface area contributed by atoms with Crippen molar-refractivity contribution in [2.45, 2.75) is 63.7 Å². The molecule has 7 N–H and O–H groups in total. The number of rotatable bonds is 16. The first kappa shape index (κ1) is 32.6. The quantitative estimate of drug-likeness (QED) is 0.177. The van der Waals surface area contributed by atoms with Crippen molar-refractivity contribution in [2.75, 3.05) is 12.0 Å². The Bertz CT molecular complexity index is 1120. The number of amides is 3. The number of nitrogens with one attached hydrogen (secondary N) is 3. The third-order valence-corrected chi connectivity index (χ3v) is 7.31. The average Bonchev–Trinajstić information content (AvgIpc) is 2.94. The summed E-state index contributed by atoms with van der Waals surface area (Å²) >= 11 is 1.47. The molecule has 0 aliphatic heterocycles. The van der Waals surface area contributed by atoms with E-state index in [0.29, 0.717) is 17.7 Å². The number of carboxylic acids is 1. The van der Waals surface area contributed by atoms with Crippen molar-refractivity contribution < 1.29 is 29.4 Å². The summed E-state index contributed by atoms with van der Waals surface area (Å²) in [5.74, 6) is -2.61. The molecular formula is C29H40N4O6S. The van der Waals surface area contributed by atoms with Crippen molar-refractivity contribution in [2.24, 2.45) is 11.7 Å². The average molecular weight is 573 g/mol. The van der Waals surface area contributed by atoms with E-state index in [1.54, 1.807) is 19.1 Å². The number of phenols is 1. The number of hydrogen-bond donors (Lipinski definition) is 6. The third-order valence-electron chi connectivity index (χ3n) is 6.66. The fraction of sp³-hybridized carbons (Fsp3) is 0.448. The molecule has 5 unspecified atom stereocenters. The predicted molar refractivity (Wildman–Crippen MR) is 156 cm³/mol. The van der Waals surface area contributed by atoms with Crippen molar-refractivity contribution in [3.8, 4) is 5.75 Å². The summed E-state index contributed by atoms with van der Waals surface area (Å²) in [5.41, 5.74) is 7.69. The normalized spacial score (nSPS) is 14.7. The lowest BCUT2D eigenvalue weighted by Crippen LogP contribution is -2.59. The number of phenolic OH excluding ortho intramolecular Hbond substituents is 1. The van der Waals surface area contributed by atoms with Crippen molar-refractivity contribution in [1.82, 2.24) is 16.0 Å². The molecule has 3 amide bonds. The van der Waals surface area contributed by atoms with E-state index in [1.807, 2.05) is 43.5 Å². The van der Waals surface area contributed by atoms with Gasteiger partial charge in [-0.05, 0) is 54.0 Å². The van der Waals surface area contributed by atoms with Gasteiger partial charge in [0.1, 0.15) is 23.9 Å². The molecule has 0 saturated heterocycles. The van der Waals surface area contributed by atoms with E-state index in [9.17, 15) is 29.4 Å². The van der Waals surface area contributed by atoms with Gasteiger partial charge < -0.3 is 31.9 Å². The molecule has 2 aromatic rings. The molecule has 5 atom stereocenters. The summed E-state index contributed by atoms with van der Waals surface area (Å²) < 4.78 is 0. The van der Waals surface area contributed by atoms with E-state index >= 15 is 0 Å². The minimum absolute atomic E-state index is 0.0571. The van der Waals surface area contributed by atoms with Crippen LogP contribution >= 0.6 is 11.8 Å². The van der Waals surface area contributed by atoms with Crippen LogP contribution in [0.3, 0.4) is 0 Å². The monoisotopic (exact) mass is 572 g/mol. The van der Waals surface area contributed by atoms with Crippen LogP contribution in [0.4, 0.5) is 0 Å². The summed E-state index contributed by atoms with van der Waals surface area (Å²) in [6, 6.07) is 11.4. The number of carbonyl (C=O) groups is 4.